The van der Waals surface area contributed by atoms with Gasteiger partial charge in [-0.3, -0.25) is 14.7 Å². The molecule has 0 saturated carbocycles. The molecule has 2 fully saturated rings. The van der Waals surface area contributed by atoms with Crippen molar-refractivity contribution in [1.82, 2.24) is 19.8 Å². The SMILES string of the molecule is C=CCN1CCN(C)C(=O)C12CCN(c1cnccn1)C2.O=C(O)C(F)(F)F. The van der Waals surface area contributed by atoms with Crippen molar-refractivity contribution in [2.45, 2.75) is 18.1 Å². The predicted octanol–water partition coefficient (Wildman–Crippen LogP) is 1.02. The lowest BCUT2D eigenvalue weighted by Gasteiger charge is -2.46. The van der Waals surface area contributed by atoms with E-state index in [1.807, 2.05) is 18.0 Å². The van der Waals surface area contributed by atoms with E-state index in [4.69, 9.17) is 9.90 Å². The summed E-state index contributed by atoms with van der Waals surface area (Å²) < 4.78 is 31.7. The quantitative estimate of drug-likeness (QED) is 0.757. The van der Waals surface area contributed by atoms with Crippen LogP contribution in [0.4, 0.5) is 19.0 Å². The van der Waals surface area contributed by atoms with Crippen LogP contribution >= 0.6 is 0 Å². The summed E-state index contributed by atoms with van der Waals surface area (Å²) in [6.45, 7) is 7.74. The van der Waals surface area contributed by atoms with Gasteiger partial charge in [0.15, 0.2) is 0 Å². The largest absolute Gasteiger partial charge is 0.490 e. The van der Waals surface area contributed by atoms with Crippen LogP contribution in [0.1, 0.15) is 6.42 Å². The molecular weight excluding hydrogens is 379 g/mol. The van der Waals surface area contributed by atoms with E-state index in [2.05, 4.69) is 26.3 Å². The Morgan fingerprint density at radius 3 is 2.57 bits per heavy atom. The number of halogens is 3. The summed E-state index contributed by atoms with van der Waals surface area (Å²) in [5.74, 6) is -1.71. The molecule has 154 valence electrons. The van der Waals surface area contributed by atoms with Crippen molar-refractivity contribution in [3.63, 3.8) is 0 Å². The fourth-order valence-corrected chi connectivity index (χ4v) is 3.38. The smallest absolute Gasteiger partial charge is 0.475 e. The molecule has 2 aliphatic heterocycles. The summed E-state index contributed by atoms with van der Waals surface area (Å²) >= 11 is 0. The van der Waals surface area contributed by atoms with Gasteiger partial charge in [-0.25, -0.2) is 9.78 Å². The standard InChI is InChI=1S/C15H21N5O.C2HF3O2/c1-3-7-20-10-9-18(2)14(21)15(20)4-8-19(12-15)13-11-16-5-6-17-13;3-2(4,5)1(6)7/h3,5-6,11H,1,4,7-10,12H2,2H3;(H,6,7). The highest BCUT2D eigenvalue weighted by Crippen LogP contribution is 2.34. The number of carbonyl (C=O) groups excluding carboxylic acids is 1. The fourth-order valence-electron chi connectivity index (χ4n) is 3.38. The van der Waals surface area contributed by atoms with Crippen LogP contribution in [0.2, 0.25) is 0 Å². The summed E-state index contributed by atoms with van der Waals surface area (Å²) in [7, 11) is 1.89. The van der Waals surface area contributed by atoms with Crippen molar-refractivity contribution >= 4 is 17.7 Å². The van der Waals surface area contributed by atoms with Gasteiger partial charge in [-0.2, -0.15) is 13.2 Å². The monoisotopic (exact) mass is 401 g/mol. The van der Waals surface area contributed by atoms with Gasteiger partial charge < -0.3 is 14.9 Å². The van der Waals surface area contributed by atoms with Gasteiger partial charge in [0, 0.05) is 52.2 Å². The third-order valence-electron chi connectivity index (χ3n) is 4.77. The number of alkyl halides is 3. The van der Waals surface area contributed by atoms with Crippen molar-refractivity contribution in [3.05, 3.63) is 31.2 Å². The van der Waals surface area contributed by atoms with Crippen molar-refractivity contribution < 1.29 is 27.9 Å². The van der Waals surface area contributed by atoms with Crippen molar-refractivity contribution in [3.8, 4) is 0 Å². The number of rotatable bonds is 3. The maximum absolute atomic E-state index is 12.8. The second-order valence-corrected chi connectivity index (χ2v) is 6.53. The lowest BCUT2D eigenvalue weighted by atomic mass is 9.91. The zero-order valence-electron chi connectivity index (χ0n) is 15.4. The maximum Gasteiger partial charge on any atom is 0.490 e. The van der Waals surface area contributed by atoms with E-state index < -0.39 is 17.7 Å². The molecule has 2 saturated heterocycles. The van der Waals surface area contributed by atoms with Crippen molar-refractivity contribution in [1.29, 1.82) is 0 Å². The van der Waals surface area contributed by atoms with E-state index in [-0.39, 0.29) is 5.91 Å². The number of piperazine rings is 1. The molecule has 28 heavy (non-hydrogen) atoms. The summed E-state index contributed by atoms with van der Waals surface area (Å²) in [6, 6.07) is 0. The first kappa shape index (κ1) is 21.6. The van der Waals surface area contributed by atoms with E-state index in [1.165, 1.54) is 0 Å². The number of likely N-dealkylation sites (N-methyl/N-ethyl adjacent to an activating group) is 1. The first-order valence-corrected chi connectivity index (χ1v) is 8.54. The topological polar surface area (TPSA) is 89.9 Å². The minimum Gasteiger partial charge on any atom is -0.475 e. The maximum atomic E-state index is 12.8. The van der Waals surface area contributed by atoms with Crippen LogP contribution in [0.15, 0.2) is 31.2 Å². The van der Waals surface area contributed by atoms with Crippen LogP contribution < -0.4 is 4.90 Å². The molecular formula is C17H22F3N5O3. The third kappa shape index (κ3) is 4.58. The molecule has 0 bridgehead atoms. The number of hydrogen-bond donors (Lipinski definition) is 1. The second kappa shape index (κ2) is 8.55. The highest BCUT2D eigenvalue weighted by Gasteiger charge is 2.52. The van der Waals surface area contributed by atoms with Crippen LogP contribution in [-0.2, 0) is 9.59 Å². The zero-order valence-corrected chi connectivity index (χ0v) is 15.4. The highest BCUT2D eigenvalue weighted by molar-refractivity contribution is 5.88. The summed E-state index contributed by atoms with van der Waals surface area (Å²) in [4.78, 5) is 36.4. The molecule has 11 heteroatoms. The number of aliphatic carboxylic acids is 1. The fraction of sp³-hybridized carbons (Fsp3) is 0.529. The molecule has 1 N–H and O–H groups in total. The molecule has 1 atom stereocenters. The molecule has 1 amide bonds. The summed E-state index contributed by atoms with van der Waals surface area (Å²) in [6.07, 6.45) is 2.73. The van der Waals surface area contributed by atoms with E-state index in [1.54, 1.807) is 18.6 Å². The molecule has 0 aliphatic carbocycles. The van der Waals surface area contributed by atoms with Crippen molar-refractivity contribution in [2.75, 3.05) is 44.7 Å². The number of nitrogens with zero attached hydrogens (tertiary/aromatic N) is 5. The lowest BCUT2D eigenvalue weighted by Crippen LogP contribution is -2.66. The zero-order chi connectivity index (χ0) is 20.9. The summed E-state index contributed by atoms with van der Waals surface area (Å²) in [5.41, 5.74) is -0.446. The van der Waals surface area contributed by atoms with Gasteiger partial charge in [0.1, 0.15) is 11.4 Å². The molecule has 1 spiro atoms. The molecule has 0 aromatic carbocycles. The molecule has 2 aliphatic rings. The van der Waals surface area contributed by atoms with Crippen LogP contribution in [0.25, 0.3) is 0 Å². The highest BCUT2D eigenvalue weighted by atomic mass is 19.4. The van der Waals surface area contributed by atoms with E-state index in [9.17, 15) is 18.0 Å². The Kier molecular flexibility index (Phi) is 6.60. The van der Waals surface area contributed by atoms with Crippen LogP contribution in [0.5, 0.6) is 0 Å². The molecule has 0 radical (unpaired) electrons. The lowest BCUT2D eigenvalue weighted by molar-refractivity contribution is -0.192. The van der Waals surface area contributed by atoms with Crippen LogP contribution in [0.3, 0.4) is 0 Å². The Labute approximate surface area is 160 Å². The Bertz CT molecular complexity index is 716. The molecule has 3 heterocycles. The average Bonchev–Trinajstić information content (AvgIpc) is 3.09. The molecule has 1 aromatic heterocycles. The van der Waals surface area contributed by atoms with Gasteiger partial charge in [-0.1, -0.05) is 6.08 Å². The number of hydrogen-bond acceptors (Lipinski definition) is 6. The molecule has 1 unspecified atom stereocenters. The minimum absolute atomic E-state index is 0.210. The van der Waals surface area contributed by atoms with E-state index >= 15 is 0 Å². The van der Waals surface area contributed by atoms with Gasteiger partial charge >= 0.3 is 12.1 Å². The Morgan fingerprint density at radius 2 is 2.04 bits per heavy atom. The van der Waals surface area contributed by atoms with Crippen LogP contribution in [-0.4, -0.2) is 88.2 Å². The number of anilines is 1. The number of amides is 1. The van der Waals surface area contributed by atoms with Gasteiger partial charge in [0.05, 0.1) is 6.20 Å². The van der Waals surface area contributed by atoms with E-state index in [0.29, 0.717) is 6.54 Å². The summed E-state index contributed by atoms with van der Waals surface area (Å²) in [5, 5.41) is 7.12. The average molecular weight is 401 g/mol. The molecule has 3 rings (SSSR count). The molecule has 8 nitrogen and oxygen atoms in total. The predicted molar refractivity (Wildman–Crippen MR) is 94.7 cm³/mol. The number of carbonyl (C=O) groups is 2. The van der Waals surface area contributed by atoms with Gasteiger partial charge in [0.2, 0.25) is 5.91 Å². The second-order valence-electron chi connectivity index (χ2n) is 6.53. The Hall–Kier alpha value is -2.69. The van der Waals surface area contributed by atoms with Gasteiger partial charge in [-0.05, 0) is 6.42 Å². The number of carboxylic acid groups (broad SMARTS) is 1. The van der Waals surface area contributed by atoms with Gasteiger partial charge in [0.25, 0.3) is 0 Å². The molecule has 1 aromatic rings. The first-order valence-electron chi connectivity index (χ1n) is 8.54. The van der Waals surface area contributed by atoms with Crippen LogP contribution in [0, 0.1) is 0 Å². The number of carboxylic acids is 1. The minimum atomic E-state index is -5.08. The Balaban J connectivity index is 0.000000345. The van der Waals surface area contributed by atoms with E-state index in [0.717, 1.165) is 38.4 Å². The normalized spacial score (nSPS) is 22.8. The Morgan fingerprint density at radius 1 is 1.36 bits per heavy atom. The number of aromatic nitrogens is 2. The van der Waals surface area contributed by atoms with Crippen molar-refractivity contribution in [2.24, 2.45) is 0 Å². The first-order chi connectivity index (χ1) is 13.1. The van der Waals surface area contributed by atoms with Gasteiger partial charge in [-0.15, -0.1) is 6.58 Å². The third-order valence-corrected chi connectivity index (χ3v) is 4.77.